The van der Waals surface area contributed by atoms with Gasteiger partial charge < -0.3 is 26.2 Å². The van der Waals surface area contributed by atoms with Gasteiger partial charge in [0.15, 0.2) is 0 Å². The zero-order valence-corrected chi connectivity index (χ0v) is 17.6. The molecule has 2 aliphatic rings. The fourth-order valence-corrected chi connectivity index (χ4v) is 6.08. The number of aliphatic hydroxyl groups excluding tert-OH is 2. The van der Waals surface area contributed by atoms with Gasteiger partial charge in [-0.05, 0) is 61.4 Å². The molecule has 164 valence electrons. The Hall–Kier alpha value is -3.23. The average molecular weight is 431 g/mol. The lowest BCUT2D eigenvalue weighted by Crippen LogP contribution is -2.46. The Morgan fingerprint density at radius 1 is 1.09 bits per heavy atom. The van der Waals surface area contributed by atoms with Gasteiger partial charge in [-0.3, -0.25) is 0 Å². The third-order valence-corrected chi connectivity index (χ3v) is 7.85. The van der Waals surface area contributed by atoms with Crippen molar-refractivity contribution in [3.63, 3.8) is 0 Å². The average Bonchev–Trinajstić information content (AvgIpc) is 3.25. The molecular formula is C24H26N6O2. The van der Waals surface area contributed by atoms with Crippen LogP contribution in [-0.2, 0) is 6.42 Å². The van der Waals surface area contributed by atoms with E-state index in [1.807, 2.05) is 22.9 Å². The summed E-state index contributed by atoms with van der Waals surface area (Å²) in [5.74, 6) is 1.11. The molecule has 32 heavy (non-hydrogen) atoms. The number of pyridine rings is 1. The molecule has 0 bridgehead atoms. The molecule has 0 spiro atoms. The van der Waals surface area contributed by atoms with E-state index in [-0.39, 0.29) is 17.4 Å². The maximum Gasteiger partial charge on any atom is 0.145 e. The van der Waals surface area contributed by atoms with Gasteiger partial charge in [-0.1, -0.05) is 12.1 Å². The van der Waals surface area contributed by atoms with Gasteiger partial charge in [0.2, 0.25) is 0 Å². The number of nitrogen functional groups attached to an aromatic ring is 2. The first kappa shape index (κ1) is 19.5. The highest BCUT2D eigenvalue weighted by Crippen LogP contribution is 2.64. The normalized spacial score (nSPS) is 29.3. The van der Waals surface area contributed by atoms with Gasteiger partial charge in [-0.15, -0.1) is 0 Å². The maximum absolute atomic E-state index is 11.2. The van der Waals surface area contributed by atoms with Crippen molar-refractivity contribution in [2.24, 2.45) is 11.3 Å². The molecule has 2 fully saturated rings. The Labute approximate surface area is 184 Å². The number of hydrogen-bond donors (Lipinski definition) is 4. The molecule has 6 rings (SSSR count). The van der Waals surface area contributed by atoms with Crippen LogP contribution in [0.5, 0.6) is 0 Å². The lowest BCUT2D eigenvalue weighted by Gasteiger charge is -2.48. The van der Waals surface area contributed by atoms with Crippen molar-refractivity contribution in [1.29, 1.82) is 0 Å². The van der Waals surface area contributed by atoms with Crippen LogP contribution >= 0.6 is 0 Å². The molecule has 2 aliphatic carbocycles. The van der Waals surface area contributed by atoms with Crippen LogP contribution < -0.4 is 11.5 Å². The quantitative estimate of drug-likeness (QED) is 0.390. The third kappa shape index (κ3) is 2.66. The minimum Gasteiger partial charge on any atom is -0.390 e. The minimum atomic E-state index is -0.854. The second-order valence-corrected chi connectivity index (χ2v) is 9.29. The molecule has 5 unspecified atom stereocenters. The highest BCUT2D eigenvalue weighted by atomic mass is 16.3. The molecule has 3 aromatic heterocycles. The van der Waals surface area contributed by atoms with Crippen molar-refractivity contribution >= 4 is 33.6 Å². The van der Waals surface area contributed by atoms with E-state index in [1.165, 1.54) is 6.33 Å². The number of fused-ring (bicyclic) bond motifs is 3. The van der Waals surface area contributed by atoms with Crippen LogP contribution in [0, 0.1) is 11.3 Å². The number of aryl methyl sites for hydroxylation is 1. The predicted octanol–water partition coefficient (Wildman–Crippen LogP) is 2.45. The van der Waals surface area contributed by atoms with E-state index in [0.717, 1.165) is 47.5 Å². The minimum absolute atomic E-state index is 0.175. The van der Waals surface area contributed by atoms with E-state index < -0.39 is 12.2 Å². The van der Waals surface area contributed by atoms with E-state index in [9.17, 15) is 10.2 Å². The van der Waals surface area contributed by atoms with Crippen molar-refractivity contribution < 1.29 is 10.2 Å². The second kappa shape index (κ2) is 6.88. The van der Waals surface area contributed by atoms with Gasteiger partial charge in [-0.25, -0.2) is 15.0 Å². The standard InChI is InChI=1S/C24H26N6O2/c25-18-4-3-14-2-1-13(11-17(14)29-18)5-8-24-9-6-16(24)19(20(31)21(24)32)30-10-7-15-22(26)27-12-28-23(15)30/h1-4,7,10-12,16,19-21,31-32H,5-6,8-9H2,(H2,25,29)(H2,26,27,28). The van der Waals surface area contributed by atoms with E-state index >= 15 is 0 Å². The van der Waals surface area contributed by atoms with Crippen LogP contribution in [0.4, 0.5) is 11.6 Å². The van der Waals surface area contributed by atoms with Gasteiger partial charge in [0.25, 0.3) is 0 Å². The largest absolute Gasteiger partial charge is 0.390 e. The molecule has 0 aliphatic heterocycles. The van der Waals surface area contributed by atoms with Crippen molar-refractivity contribution in [2.75, 3.05) is 11.5 Å². The number of nitrogens with two attached hydrogens (primary N) is 2. The summed E-state index contributed by atoms with van der Waals surface area (Å²) in [5.41, 5.74) is 14.3. The Morgan fingerprint density at radius 2 is 1.94 bits per heavy atom. The number of anilines is 2. The number of rotatable bonds is 4. The summed E-state index contributed by atoms with van der Waals surface area (Å²) in [6, 6.07) is 11.7. The summed E-state index contributed by atoms with van der Waals surface area (Å²) < 4.78 is 1.98. The van der Waals surface area contributed by atoms with Crippen molar-refractivity contribution in [3.05, 3.63) is 54.5 Å². The number of aromatic nitrogens is 4. The summed E-state index contributed by atoms with van der Waals surface area (Å²) in [7, 11) is 0. The summed E-state index contributed by atoms with van der Waals surface area (Å²) in [5, 5.41) is 24.1. The SMILES string of the molecule is Nc1ccc2ccc(CCC34CCC3C(n3ccc5c(N)ncnc53)C(O)C4O)cc2n1. The Bertz CT molecular complexity index is 1340. The van der Waals surface area contributed by atoms with E-state index in [0.29, 0.717) is 17.3 Å². The molecular weight excluding hydrogens is 404 g/mol. The zero-order chi connectivity index (χ0) is 22.0. The zero-order valence-electron chi connectivity index (χ0n) is 17.6. The summed E-state index contributed by atoms with van der Waals surface area (Å²) in [4.78, 5) is 12.9. The number of aliphatic hydroxyl groups is 2. The molecule has 6 N–H and O–H groups in total. The lowest BCUT2D eigenvalue weighted by molar-refractivity contribution is -0.0742. The van der Waals surface area contributed by atoms with E-state index in [4.69, 9.17) is 11.5 Å². The van der Waals surface area contributed by atoms with E-state index in [1.54, 1.807) is 6.07 Å². The van der Waals surface area contributed by atoms with E-state index in [2.05, 4.69) is 33.2 Å². The maximum atomic E-state index is 11.2. The predicted molar refractivity (Wildman–Crippen MR) is 123 cm³/mol. The van der Waals surface area contributed by atoms with Gasteiger partial charge in [0.05, 0.1) is 23.0 Å². The third-order valence-electron chi connectivity index (χ3n) is 7.85. The molecule has 1 aromatic carbocycles. The summed E-state index contributed by atoms with van der Waals surface area (Å²) >= 11 is 0. The molecule has 0 radical (unpaired) electrons. The molecule has 8 heteroatoms. The van der Waals surface area contributed by atoms with Gasteiger partial charge in [0.1, 0.15) is 29.7 Å². The first-order valence-electron chi connectivity index (χ1n) is 11.1. The number of benzene rings is 1. The van der Waals surface area contributed by atoms with Crippen LogP contribution in [0.3, 0.4) is 0 Å². The highest BCUT2D eigenvalue weighted by molar-refractivity contribution is 5.86. The Kier molecular flexibility index (Phi) is 4.18. The smallest absolute Gasteiger partial charge is 0.145 e. The van der Waals surface area contributed by atoms with Crippen LogP contribution in [0.15, 0.2) is 48.9 Å². The molecule has 5 atom stereocenters. The second-order valence-electron chi connectivity index (χ2n) is 9.29. The fraction of sp³-hybridized carbons (Fsp3) is 0.375. The highest BCUT2D eigenvalue weighted by Gasteiger charge is 2.64. The van der Waals surface area contributed by atoms with Crippen LogP contribution in [-0.4, -0.2) is 41.9 Å². The monoisotopic (exact) mass is 430 g/mol. The molecule has 2 saturated carbocycles. The molecule has 0 amide bonds. The Balaban J connectivity index is 1.30. The van der Waals surface area contributed by atoms with Crippen LogP contribution in [0.1, 0.15) is 30.9 Å². The molecule has 8 nitrogen and oxygen atoms in total. The Morgan fingerprint density at radius 3 is 2.75 bits per heavy atom. The fourth-order valence-electron chi connectivity index (χ4n) is 6.08. The summed E-state index contributed by atoms with van der Waals surface area (Å²) in [6.45, 7) is 0. The van der Waals surface area contributed by atoms with Gasteiger partial charge in [0, 0.05) is 17.0 Å². The first-order valence-corrected chi connectivity index (χ1v) is 11.1. The lowest BCUT2D eigenvalue weighted by atomic mass is 9.58. The number of nitrogens with zero attached hydrogens (tertiary/aromatic N) is 4. The molecule has 3 heterocycles. The van der Waals surface area contributed by atoms with Crippen LogP contribution in [0.25, 0.3) is 21.9 Å². The topological polar surface area (TPSA) is 136 Å². The number of hydrogen-bond acceptors (Lipinski definition) is 7. The van der Waals surface area contributed by atoms with Crippen molar-refractivity contribution in [3.8, 4) is 0 Å². The van der Waals surface area contributed by atoms with Gasteiger partial charge >= 0.3 is 0 Å². The van der Waals surface area contributed by atoms with Crippen LogP contribution in [0.2, 0.25) is 0 Å². The molecule has 0 saturated heterocycles. The van der Waals surface area contributed by atoms with Gasteiger partial charge in [-0.2, -0.15) is 0 Å². The van der Waals surface area contributed by atoms with Crippen molar-refractivity contribution in [1.82, 2.24) is 19.5 Å². The summed E-state index contributed by atoms with van der Waals surface area (Å²) in [6.07, 6.45) is 5.20. The molecule has 4 aromatic rings. The first-order chi connectivity index (χ1) is 15.5. The van der Waals surface area contributed by atoms with Crippen molar-refractivity contribution in [2.45, 2.75) is 43.9 Å².